The molecule has 1 aromatic rings. The van der Waals surface area contributed by atoms with E-state index in [4.69, 9.17) is 5.73 Å². The molecule has 0 aliphatic heterocycles. The van der Waals surface area contributed by atoms with Crippen molar-refractivity contribution < 1.29 is 31.4 Å². The van der Waals surface area contributed by atoms with Crippen LogP contribution in [0.2, 0.25) is 0 Å². The van der Waals surface area contributed by atoms with Crippen molar-refractivity contribution in [1.29, 1.82) is 0 Å². The summed E-state index contributed by atoms with van der Waals surface area (Å²) in [7, 11) is 0. The molecule has 0 aliphatic carbocycles. The van der Waals surface area contributed by atoms with Crippen molar-refractivity contribution in [3.05, 3.63) is 34.9 Å². The number of aliphatic hydroxyl groups excluding tert-OH is 1. The molecule has 0 aromatic heterocycles. The van der Waals surface area contributed by atoms with Crippen LogP contribution in [-0.2, 0) is 12.4 Å². The number of rotatable bonds is 4. The number of hydrogen-bond acceptors (Lipinski definition) is 2. The number of alkyl halides is 6. The van der Waals surface area contributed by atoms with E-state index in [1.54, 1.807) is 0 Å². The number of aliphatic hydroxyl groups is 1. The summed E-state index contributed by atoms with van der Waals surface area (Å²) >= 11 is 0. The van der Waals surface area contributed by atoms with Gasteiger partial charge in [0.2, 0.25) is 0 Å². The van der Waals surface area contributed by atoms with Crippen LogP contribution in [0.1, 0.15) is 36.0 Å². The molecular formula is C13H15F6NO. The second-order valence-electron chi connectivity index (χ2n) is 4.86. The molecule has 0 spiro atoms. The van der Waals surface area contributed by atoms with E-state index >= 15 is 0 Å². The lowest BCUT2D eigenvalue weighted by atomic mass is 9.90. The van der Waals surface area contributed by atoms with Crippen molar-refractivity contribution in [3.63, 3.8) is 0 Å². The fraction of sp³-hybridized carbons (Fsp3) is 0.538. The Morgan fingerprint density at radius 3 is 1.71 bits per heavy atom. The van der Waals surface area contributed by atoms with Gasteiger partial charge in [0.05, 0.1) is 17.2 Å². The fourth-order valence-electron chi connectivity index (χ4n) is 1.99. The molecule has 0 radical (unpaired) electrons. The average Bonchev–Trinajstić information content (AvgIpc) is 2.33. The summed E-state index contributed by atoms with van der Waals surface area (Å²) in [6.07, 6.45) is -10.7. The summed E-state index contributed by atoms with van der Waals surface area (Å²) in [5, 5.41) is 9.27. The summed E-state index contributed by atoms with van der Waals surface area (Å²) in [4.78, 5) is 0. The van der Waals surface area contributed by atoms with Gasteiger partial charge in [0, 0.05) is 0 Å². The summed E-state index contributed by atoms with van der Waals surface area (Å²) < 4.78 is 76.3. The standard InChI is InChI=1S/C13H15F6NO/c1-7(21)2-9(6-20)8-3-10(12(14,15)16)5-11(4-8)13(17,18)19/h3-5,7,9,21H,2,6,20H2,1H3. The molecular weight excluding hydrogens is 300 g/mol. The number of nitrogens with two attached hydrogens (primary N) is 1. The zero-order chi connectivity index (χ0) is 16.4. The normalized spacial score (nSPS) is 15.9. The first-order valence-electron chi connectivity index (χ1n) is 6.12. The van der Waals surface area contributed by atoms with Gasteiger partial charge in [-0.1, -0.05) is 0 Å². The van der Waals surface area contributed by atoms with Crippen LogP contribution in [0, 0.1) is 0 Å². The van der Waals surface area contributed by atoms with E-state index < -0.39 is 35.5 Å². The van der Waals surface area contributed by atoms with E-state index in [9.17, 15) is 31.4 Å². The predicted octanol–water partition coefficient (Wildman–Crippen LogP) is 3.54. The van der Waals surface area contributed by atoms with Gasteiger partial charge in [0.15, 0.2) is 0 Å². The third kappa shape index (κ3) is 4.89. The third-order valence-corrected chi connectivity index (χ3v) is 2.99. The maximum Gasteiger partial charge on any atom is 0.416 e. The predicted molar refractivity (Wildman–Crippen MR) is 64.5 cm³/mol. The molecule has 0 aliphatic rings. The lowest BCUT2D eigenvalue weighted by Gasteiger charge is -2.20. The monoisotopic (exact) mass is 315 g/mol. The smallest absolute Gasteiger partial charge is 0.393 e. The van der Waals surface area contributed by atoms with Crippen molar-refractivity contribution in [1.82, 2.24) is 0 Å². The first-order valence-corrected chi connectivity index (χ1v) is 6.12. The van der Waals surface area contributed by atoms with Gasteiger partial charge in [-0.25, -0.2) is 0 Å². The molecule has 2 unspecified atom stereocenters. The lowest BCUT2D eigenvalue weighted by molar-refractivity contribution is -0.143. The highest BCUT2D eigenvalue weighted by Crippen LogP contribution is 2.38. The molecule has 3 N–H and O–H groups in total. The quantitative estimate of drug-likeness (QED) is 0.835. The zero-order valence-corrected chi connectivity index (χ0v) is 11.1. The maximum absolute atomic E-state index is 12.7. The Hall–Kier alpha value is -1.28. The van der Waals surface area contributed by atoms with Gasteiger partial charge < -0.3 is 10.8 Å². The number of hydrogen-bond donors (Lipinski definition) is 2. The lowest BCUT2D eigenvalue weighted by Crippen LogP contribution is -2.20. The average molecular weight is 315 g/mol. The van der Waals surface area contributed by atoms with Crippen LogP contribution in [0.3, 0.4) is 0 Å². The number of benzene rings is 1. The molecule has 1 aromatic carbocycles. The highest BCUT2D eigenvalue weighted by Gasteiger charge is 2.37. The molecule has 2 atom stereocenters. The van der Waals surface area contributed by atoms with E-state index in [2.05, 4.69) is 0 Å². The van der Waals surface area contributed by atoms with E-state index in [0.29, 0.717) is 12.1 Å². The summed E-state index contributed by atoms with van der Waals surface area (Å²) in [5.74, 6) is -0.784. The molecule has 0 heterocycles. The van der Waals surface area contributed by atoms with Crippen LogP contribution < -0.4 is 5.73 Å². The van der Waals surface area contributed by atoms with Crippen molar-refractivity contribution >= 4 is 0 Å². The highest BCUT2D eigenvalue weighted by molar-refractivity contribution is 5.35. The van der Waals surface area contributed by atoms with Crippen molar-refractivity contribution in [2.75, 3.05) is 6.54 Å². The van der Waals surface area contributed by atoms with Crippen LogP contribution in [0.5, 0.6) is 0 Å². The first kappa shape index (κ1) is 17.8. The first-order chi connectivity index (χ1) is 9.45. The van der Waals surface area contributed by atoms with Gasteiger partial charge in [0.25, 0.3) is 0 Å². The van der Waals surface area contributed by atoms with E-state index in [1.165, 1.54) is 6.92 Å². The van der Waals surface area contributed by atoms with Crippen LogP contribution in [0.25, 0.3) is 0 Å². The van der Waals surface area contributed by atoms with Crippen LogP contribution in [0.15, 0.2) is 18.2 Å². The van der Waals surface area contributed by atoms with Crippen LogP contribution in [-0.4, -0.2) is 17.8 Å². The van der Waals surface area contributed by atoms with Gasteiger partial charge >= 0.3 is 12.4 Å². The fourth-order valence-corrected chi connectivity index (χ4v) is 1.99. The molecule has 1 rings (SSSR count). The molecule has 8 heteroatoms. The summed E-state index contributed by atoms with van der Waals surface area (Å²) in [6, 6.07) is 1.36. The minimum Gasteiger partial charge on any atom is -0.393 e. The third-order valence-electron chi connectivity index (χ3n) is 2.99. The van der Waals surface area contributed by atoms with Gasteiger partial charge in [-0.15, -0.1) is 0 Å². The second-order valence-corrected chi connectivity index (χ2v) is 4.86. The van der Waals surface area contributed by atoms with Gasteiger partial charge in [-0.05, 0) is 49.6 Å². The Balaban J connectivity index is 3.37. The van der Waals surface area contributed by atoms with Crippen molar-refractivity contribution in [2.45, 2.75) is 37.7 Å². The molecule has 0 amide bonds. The van der Waals surface area contributed by atoms with Crippen molar-refractivity contribution in [3.8, 4) is 0 Å². The Morgan fingerprint density at radius 1 is 1.00 bits per heavy atom. The summed E-state index contributed by atoms with van der Waals surface area (Å²) in [6.45, 7) is 1.23. The SMILES string of the molecule is CC(O)CC(CN)c1cc(C(F)(F)F)cc(C(F)(F)F)c1. The van der Waals surface area contributed by atoms with Crippen LogP contribution >= 0.6 is 0 Å². The van der Waals surface area contributed by atoms with E-state index in [0.717, 1.165) is 0 Å². The Kier molecular flexibility index (Phi) is 5.27. The molecule has 2 nitrogen and oxygen atoms in total. The Bertz CT molecular complexity index is 448. The summed E-state index contributed by atoms with van der Waals surface area (Å²) in [5.41, 5.74) is 2.46. The van der Waals surface area contributed by atoms with Gasteiger partial charge in [-0.3, -0.25) is 0 Å². The minimum atomic E-state index is -4.89. The van der Waals surface area contributed by atoms with Crippen molar-refractivity contribution in [2.24, 2.45) is 5.73 Å². The maximum atomic E-state index is 12.7. The molecule has 0 bridgehead atoms. The van der Waals surface area contributed by atoms with E-state index in [-0.39, 0.29) is 24.6 Å². The van der Waals surface area contributed by atoms with Crippen LogP contribution in [0.4, 0.5) is 26.3 Å². The molecule has 21 heavy (non-hydrogen) atoms. The highest BCUT2D eigenvalue weighted by atomic mass is 19.4. The van der Waals surface area contributed by atoms with Gasteiger partial charge in [-0.2, -0.15) is 26.3 Å². The molecule has 120 valence electrons. The zero-order valence-electron chi connectivity index (χ0n) is 11.1. The second kappa shape index (κ2) is 6.23. The molecule has 0 saturated carbocycles. The molecule has 0 saturated heterocycles. The molecule has 0 fully saturated rings. The Morgan fingerprint density at radius 2 is 1.43 bits per heavy atom. The number of halogens is 6. The minimum absolute atomic E-state index is 0.0187. The topological polar surface area (TPSA) is 46.2 Å². The Labute approximate surface area is 117 Å². The largest absolute Gasteiger partial charge is 0.416 e. The van der Waals surface area contributed by atoms with Gasteiger partial charge in [0.1, 0.15) is 0 Å². The van der Waals surface area contributed by atoms with E-state index in [1.807, 2.05) is 0 Å².